The zero-order valence-electron chi connectivity index (χ0n) is 9.84. The Balaban J connectivity index is 2.06. The van der Waals surface area contributed by atoms with E-state index < -0.39 is 0 Å². The van der Waals surface area contributed by atoms with Gasteiger partial charge in [-0.1, -0.05) is 17.7 Å². The Bertz CT molecular complexity index is 456. The molecule has 2 heterocycles. The number of aryl methyl sites for hydroxylation is 2. The van der Waals surface area contributed by atoms with Crippen LogP contribution in [-0.4, -0.2) is 18.7 Å². The summed E-state index contributed by atoms with van der Waals surface area (Å²) in [4.78, 5) is 0. The molecule has 1 saturated heterocycles. The number of rotatable bonds is 0. The van der Waals surface area contributed by atoms with Gasteiger partial charge in [-0.25, -0.2) is 0 Å². The van der Waals surface area contributed by atoms with Crippen LogP contribution in [0.1, 0.15) is 23.1 Å². The van der Waals surface area contributed by atoms with Crippen LogP contribution in [0.4, 0.5) is 0 Å². The summed E-state index contributed by atoms with van der Waals surface area (Å²) in [5, 5.41) is 3.37. The van der Waals surface area contributed by atoms with Crippen molar-refractivity contribution < 1.29 is 4.74 Å². The Labute approximate surface area is 96.3 Å². The van der Waals surface area contributed by atoms with Crippen molar-refractivity contribution in [3.8, 4) is 5.75 Å². The van der Waals surface area contributed by atoms with Gasteiger partial charge in [0.05, 0.1) is 0 Å². The van der Waals surface area contributed by atoms with Gasteiger partial charge in [-0.2, -0.15) is 0 Å². The van der Waals surface area contributed by atoms with Crippen LogP contribution in [0.3, 0.4) is 0 Å². The molecule has 1 aromatic carbocycles. The minimum Gasteiger partial charge on any atom is -0.481 e. The molecule has 16 heavy (non-hydrogen) atoms. The second kappa shape index (κ2) is 3.36. The van der Waals surface area contributed by atoms with Crippen molar-refractivity contribution in [2.45, 2.75) is 25.9 Å². The molecule has 1 fully saturated rings. The summed E-state index contributed by atoms with van der Waals surface area (Å²) in [6.45, 7) is 6.23. The number of benzene rings is 1. The molecule has 0 bridgehead atoms. The molecule has 2 aliphatic heterocycles. The van der Waals surface area contributed by atoms with Crippen LogP contribution in [0.2, 0.25) is 0 Å². The minimum absolute atomic E-state index is 0.0903. The highest BCUT2D eigenvalue weighted by Gasteiger charge is 2.36. The molecule has 1 atom stereocenters. The topological polar surface area (TPSA) is 21.3 Å². The Morgan fingerprint density at radius 1 is 1.31 bits per heavy atom. The quantitative estimate of drug-likeness (QED) is 0.717. The van der Waals surface area contributed by atoms with Crippen LogP contribution in [0.15, 0.2) is 18.2 Å². The van der Waals surface area contributed by atoms with E-state index in [2.05, 4.69) is 43.4 Å². The van der Waals surface area contributed by atoms with Crippen molar-refractivity contribution in [2.75, 3.05) is 13.1 Å². The standard InChI is InChI=1S/C14H17NO/c1-10-7-11(2)13-12(8-10)3-4-14(16-13)5-6-15-9-14/h3-4,7-8,15H,5-6,9H2,1-2H3. The molecule has 84 valence electrons. The molecular formula is C14H17NO. The fourth-order valence-electron chi connectivity index (χ4n) is 2.65. The molecule has 2 heteroatoms. The van der Waals surface area contributed by atoms with Crippen molar-refractivity contribution in [3.05, 3.63) is 34.9 Å². The molecule has 3 rings (SSSR count). The van der Waals surface area contributed by atoms with Crippen molar-refractivity contribution in [2.24, 2.45) is 0 Å². The zero-order valence-corrected chi connectivity index (χ0v) is 9.84. The van der Waals surface area contributed by atoms with E-state index in [4.69, 9.17) is 4.74 Å². The van der Waals surface area contributed by atoms with Crippen molar-refractivity contribution in [3.63, 3.8) is 0 Å². The summed E-state index contributed by atoms with van der Waals surface area (Å²) in [5.74, 6) is 1.07. The highest BCUT2D eigenvalue weighted by molar-refractivity contribution is 5.64. The maximum absolute atomic E-state index is 6.22. The van der Waals surface area contributed by atoms with Crippen molar-refractivity contribution >= 4 is 6.08 Å². The summed E-state index contributed by atoms with van der Waals surface area (Å²) in [5.41, 5.74) is 3.66. The lowest BCUT2D eigenvalue weighted by molar-refractivity contribution is 0.138. The van der Waals surface area contributed by atoms with Gasteiger partial charge >= 0.3 is 0 Å². The van der Waals surface area contributed by atoms with Crippen molar-refractivity contribution in [1.29, 1.82) is 0 Å². The Kier molecular flexibility index (Phi) is 2.08. The van der Waals surface area contributed by atoms with Crippen molar-refractivity contribution in [1.82, 2.24) is 5.32 Å². The van der Waals surface area contributed by atoms with E-state index in [1.807, 2.05) is 0 Å². The van der Waals surface area contributed by atoms with E-state index in [0.29, 0.717) is 0 Å². The van der Waals surface area contributed by atoms with Gasteiger partial charge in [0.25, 0.3) is 0 Å². The summed E-state index contributed by atoms with van der Waals surface area (Å²) < 4.78 is 6.22. The maximum Gasteiger partial charge on any atom is 0.141 e. The smallest absolute Gasteiger partial charge is 0.141 e. The van der Waals surface area contributed by atoms with E-state index in [9.17, 15) is 0 Å². The molecule has 1 N–H and O–H groups in total. The van der Waals surface area contributed by atoms with Gasteiger partial charge in [-0.15, -0.1) is 0 Å². The first-order chi connectivity index (χ1) is 7.69. The van der Waals surface area contributed by atoms with E-state index >= 15 is 0 Å². The van der Waals surface area contributed by atoms with Gasteiger partial charge in [0, 0.05) is 18.5 Å². The first kappa shape index (κ1) is 9.91. The molecule has 1 aromatic rings. The average Bonchev–Trinajstić information content (AvgIpc) is 2.68. The van der Waals surface area contributed by atoms with Gasteiger partial charge in [0.2, 0.25) is 0 Å². The zero-order chi connectivity index (χ0) is 11.2. The highest BCUT2D eigenvalue weighted by atomic mass is 16.5. The Hall–Kier alpha value is -1.28. The predicted molar refractivity (Wildman–Crippen MR) is 65.8 cm³/mol. The monoisotopic (exact) mass is 215 g/mol. The summed E-state index contributed by atoms with van der Waals surface area (Å²) >= 11 is 0. The molecule has 0 radical (unpaired) electrons. The van der Waals surface area contributed by atoms with Gasteiger partial charge < -0.3 is 10.1 Å². The number of hydrogen-bond donors (Lipinski definition) is 1. The average molecular weight is 215 g/mol. The molecule has 0 aromatic heterocycles. The predicted octanol–water partition coefficient (Wildman–Crippen LogP) is 2.44. The lowest BCUT2D eigenvalue weighted by atomic mass is 9.95. The number of ether oxygens (including phenoxy) is 1. The summed E-state index contributed by atoms with van der Waals surface area (Å²) in [6, 6.07) is 4.38. The summed E-state index contributed by atoms with van der Waals surface area (Å²) in [7, 11) is 0. The lowest BCUT2D eigenvalue weighted by Gasteiger charge is -2.31. The lowest BCUT2D eigenvalue weighted by Crippen LogP contribution is -2.38. The van der Waals surface area contributed by atoms with E-state index in [0.717, 1.165) is 25.3 Å². The highest BCUT2D eigenvalue weighted by Crippen LogP contribution is 2.37. The molecule has 0 amide bonds. The molecule has 1 unspecified atom stereocenters. The third-order valence-corrected chi connectivity index (χ3v) is 3.47. The number of nitrogens with one attached hydrogen (secondary N) is 1. The van der Waals surface area contributed by atoms with Gasteiger partial charge in [0.15, 0.2) is 0 Å². The van der Waals surface area contributed by atoms with Gasteiger partial charge in [0.1, 0.15) is 11.4 Å². The molecule has 2 nitrogen and oxygen atoms in total. The summed E-state index contributed by atoms with van der Waals surface area (Å²) in [6.07, 6.45) is 5.50. The van der Waals surface area contributed by atoms with Crippen LogP contribution in [0, 0.1) is 13.8 Å². The van der Waals surface area contributed by atoms with E-state index in [1.54, 1.807) is 0 Å². The molecule has 2 aliphatic rings. The van der Waals surface area contributed by atoms with E-state index in [1.165, 1.54) is 16.7 Å². The van der Waals surface area contributed by atoms with Crippen LogP contribution >= 0.6 is 0 Å². The van der Waals surface area contributed by atoms with Crippen LogP contribution in [0.25, 0.3) is 6.08 Å². The molecule has 0 saturated carbocycles. The second-order valence-electron chi connectivity index (χ2n) is 4.93. The van der Waals surface area contributed by atoms with Gasteiger partial charge in [-0.05, 0) is 38.1 Å². The third kappa shape index (κ3) is 1.45. The number of fused-ring (bicyclic) bond motifs is 1. The van der Waals surface area contributed by atoms with Crippen LogP contribution in [0.5, 0.6) is 5.75 Å². The normalized spacial score (nSPS) is 26.9. The second-order valence-corrected chi connectivity index (χ2v) is 4.93. The fourth-order valence-corrected chi connectivity index (χ4v) is 2.65. The first-order valence-corrected chi connectivity index (χ1v) is 5.89. The van der Waals surface area contributed by atoms with E-state index in [-0.39, 0.29) is 5.60 Å². The SMILES string of the molecule is Cc1cc(C)c2c(c1)C=CC1(CCNC1)O2. The number of hydrogen-bond acceptors (Lipinski definition) is 2. The molecular weight excluding hydrogens is 198 g/mol. The van der Waals surface area contributed by atoms with Crippen LogP contribution in [-0.2, 0) is 0 Å². The molecule has 1 spiro atoms. The fraction of sp³-hybridized carbons (Fsp3) is 0.429. The van der Waals surface area contributed by atoms with Gasteiger partial charge in [-0.3, -0.25) is 0 Å². The minimum atomic E-state index is -0.0903. The maximum atomic E-state index is 6.22. The Morgan fingerprint density at radius 2 is 2.19 bits per heavy atom. The largest absolute Gasteiger partial charge is 0.481 e. The van der Waals surface area contributed by atoms with Crippen LogP contribution < -0.4 is 10.1 Å². The third-order valence-electron chi connectivity index (χ3n) is 3.47. The molecule has 0 aliphatic carbocycles. The Morgan fingerprint density at radius 3 is 2.94 bits per heavy atom. The first-order valence-electron chi connectivity index (χ1n) is 5.89.